The summed E-state index contributed by atoms with van der Waals surface area (Å²) in [5, 5.41) is 14.5. The fourth-order valence-corrected chi connectivity index (χ4v) is 4.66. The number of halogens is 1. The van der Waals surface area contributed by atoms with Gasteiger partial charge >= 0.3 is 0 Å². The molecule has 0 saturated carbocycles. The lowest BCUT2D eigenvalue weighted by Gasteiger charge is -2.22. The van der Waals surface area contributed by atoms with Crippen molar-refractivity contribution in [2.45, 2.75) is 44.8 Å². The van der Waals surface area contributed by atoms with Crippen molar-refractivity contribution in [3.05, 3.63) is 76.6 Å². The maximum absolute atomic E-state index is 13.3. The molecular formula is C29H35ClN6O5. The van der Waals surface area contributed by atoms with E-state index in [1.54, 1.807) is 28.8 Å². The number of amides is 3. The van der Waals surface area contributed by atoms with Gasteiger partial charge in [0.15, 0.2) is 0 Å². The number of nitrogens with one attached hydrogen (secondary N) is 2. The molecule has 0 radical (unpaired) electrons. The molecule has 4 bridgehead atoms. The second kappa shape index (κ2) is 15.2. The van der Waals surface area contributed by atoms with Crippen molar-refractivity contribution in [1.82, 2.24) is 30.5 Å². The number of hydrogen-bond donors (Lipinski definition) is 2. The molecular weight excluding hydrogens is 548 g/mol. The number of aromatic nitrogens is 3. The predicted molar refractivity (Wildman–Crippen MR) is 153 cm³/mol. The van der Waals surface area contributed by atoms with Crippen molar-refractivity contribution in [3.63, 3.8) is 0 Å². The first-order valence-corrected chi connectivity index (χ1v) is 14.0. The molecule has 1 aromatic heterocycles. The number of hydrogen-bond acceptors (Lipinski definition) is 7. The van der Waals surface area contributed by atoms with Gasteiger partial charge in [0.25, 0.3) is 5.91 Å². The standard InChI is InChI=1S/C29H35ClN6O5/c1-40-16-11-27(37)35-13-5-12-31-29(39)25(17-21-7-3-2-4-8-21)32-28(38)22-9-10-26(24(30)18-22)41-15-6-14-36-20-23(19-35)33-34-36/h2-4,7-10,18,20,25H,5-6,11-17,19H2,1H3,(H,31,39)(H,32,38)/t25-/m0/s1. The van der Waals surface area contributed by atoms with Gasteiger partial charge in [-0.15, -0.1) is 5.10 Å². The van der Waals surface area contributed by atoms with E-state index in [1.165, 1.54) is 6.07 Å². The van der Waals surface area contributed by atoms with Crippen molar-refractivity contribution >= 4 is 29.3 Å². The van der Waals surface area contributed by atoms with Gasteiger partial charge in [0.1, 0.15) is 17.5 Å². The van der Waals surface area contributed by atoms with E-state index in [2.05, 4.69) is 20.9 Å². The third-order valence-corrected chi connectivity index (χ3v) is 6.90. The zero-order valence-electron chi connectivity index (χ0n) is 23.1. The topological polar surface area (TPSA) is 128 Å². The molecule has 2 aromatic carbocycles. The zero-order chi connectivity index (χ0) is 29.0. The Labute approximate surface area is 244 Å². The number of fused-ring (bicyclic) bond motifs is 14. The van der Waals surface area contributed by atoms with Crippen LogP contribution >= 0.6 is 11.6 Å². The second-order valence-corrected chi connectivity index (χ2v) is 10.1. The Morgan fingerprint density at radius 2 is 1.98 bits per heavy atom. The van der Waals surface area contributed by atoms with Crippen LogP contribution < -0.4 is 15.4 Å². The lowest BCUT2D eigenvalue weighted by atomic mass is 10.0. The van der Waals surface area contributed by atoms with Gasteiger partial charge in [-0.05, 0) is 30.2 Å². The lowest BCUT2D eigenvalue weighted by molar-refractivity contribution is -0.132. The third-order valence-electron chi connectivity index (χ3n) is 6.60. The Hall–Kier alpha value is -3.96. The maximum atomic E-state index is 13.3. The summed E-state index contributed by atoms with van der Waals surface area (Å²) >= 11 is 6.41. The summed E-state index contributed by atoms with van der Waals surface area (Å²) in [6, 6.07) is 13.5. The minimum absolute atomic E-state index is 0.0739. The van der Waals surface area contributed by atoms with Gasteiger partial charge in [0, 0.05) is 45.1 Å². The van der Waals surface area contributed by atoms with Crippen molar-refractivity contribution in [2.75, 3.05) is 33.4 Å². The predicted octanol–water partition coefficient (Wildman–Crippen LogP) is 2.63. The van der Waals surface area contributed by atoms with E-state index in [4.69, 9.17) is 21.1 Å². The molecule has 2 N–H and O–H groups in total. The van der Waals surface area contributed by atoms with Crippen LogP contribution in [0.4, 0.5) is 0 Å². The summed E-state index contributed by atoms with van der Waals surface area (Å²) in [5.41, 5.74) is 1.89. The van der Waals surface area contributed by atoms with E-state index in [-0.39, 0.29) is 18.2 Å². The van der Waals surface area contributed by atoms with E-state index in [0.717, 1.165) is 5.56 Å². The van der Waals surface area contributed by atoms with Crippen LogP contribution in [0, 0.1) is 0 Å². The number of rotatable bonds is 5. The van der Waals surface area contributed by atoms with Gasteiger partial charge in [-0.25, -0.2) is 0 Å². The highest BCUT2D eigenvalue weighted by atomic mass is 35.5. The first-order chi connectivity index (χ1) is 19.9. The first-order valence-electron chi connectivity index (χ1n) is 13.6. The number of nitrogens with zero attached hydrogens (tertiary/aromatic N) is 4. The van der Waals surface area contributed by atoms with Crippen molar-refractivity contribution in [3.8, 4) is 5.75 Å². The molecule has 0 saturated heterocycles. The molecule has 11 nitrogen and oxygen atoms in total. The van der Waals surface area contributed by atoms with Crippen LogP contribution in [0.3, 0.4) is 0 Å². The molecule has 41 heavy (non-hydrogen) atoms. The number of carbonyl (C=O) groups is 3. The molecule has 5 rings (SSSR count). The second-order valence-electron chi connectivity index (χ2n) is 9.74. The Bertz CT molecular complexity index is 1320. The summed E-state index contributed by atoms with van der Waals surface area (Å²) in [5.74, 6) is -0.358. The largest absolute Gasteiger partial charge is 0.492 e. The number of methoxy groups -OCH3 is 1. The monoisotopic (exact) mass is 582 g/mol. The van der Waals surface area contributed by atoms with Crippen molar-refractivity contribution < 1.29 is 23.9 Å². The number of aryl methyl sites for hydroxylation is 1. The Morgan fingerprint density at radius 1 is 1.15 bits per heavy atom. The van der Waals surface area contributed by atoms with Crippen LogP contribution in [0.15, 0.2) is 54.7 Å². The molecule has 2 aliphatic rings. The normalized spacial score (nSPS) is 17.2. The number of ether oxygens (including phenoxy) is 2. The van der Waals surface area contributed by atoms with Crippen LogP contribution in [-0.4, -0.2) is 77.1 Å². The first kappa shape index (κ1) is 30.0. The van der Waals surface area contributed by atoms with Gasteiger partial charge in [-0.1, -0.05) is 47.1 Å². The smallest absolute Gasteiger partial charge is 0.251 e. The molecule has 3 amide bonds. The van der Waals surface area contributed by atoms with Crippen molar-refractivity contribution in [2.24, 2.45) is 0 Å². The minimum atomic E-state index is -0.816. The maximum Gasteiger partial charge on any atom is 0.251 e. The number of benzene rings is 2. The van der Waals surface area contributed by atoms with Crippen LogP contribution in [0.1, 0.15) is 40.9 Å². The Morgan fingerprint density at radius 3 is 2.76 bits per heavy atom. The van der Waals surface area contributed by atoms with Crippen LogP contribution in [-0.2, 0) is 33.8 Å². The molecule has 1 atom stereocenters. The SMILES string of the molecule is COCCC(=O)N1CCCNC(=O)[C@H](Cc2ccccc2)NC(=O)c2ccc(c(Cl)c2)OCCCn2cc(nn2)C1. The highest BCUT2D eigenvalue weighted by Crippen LogP contribution is 2.26. The summed E-state index contributed by atoms with van der Waals surface area (Å²) < 4.78 is 12.6. The number of carbonyl (C=O) groups excluding carboxylic acids is 3. The van der Waals surface area contributed by atoms with E-state index in [0.29, 0.717) is 80.7 Å². The van der Waals surface area contributed by atoms with E-state index < -0.39 is 11.9 Å². The zero-order valence-corrected chi connectivity index (χ0v) is 23.8. The van der Waals surface area contributed by atoms with Gasteiger partial charge in [0.05, 0.1) is 37.4 Å². The molecule has 218 valence electrons. The van der Waals surface area contributed by atoms with Gasteiger partial charge in [-0.3, -0.25) is 19.1 Å². The summed E-state index contributed by atoms with van der Waals surface area (Å²) in [6.07, 6.45) is 3.52. The molecule has 12 heteroatoms. The molecule has 2 aliphatic heterocycles. The molecule has 0 fully saturated rings. The van der Waals surface area contributed by atoms with Crippen LogP contribution in [0.25, 0.3) is 0 Å². The van der Waals surface area contributed by atoms with Crippen LogP contribution in [0.2, 0.25) is 5.02 Å². The van der Waals surface area contributed by atoms with Gasteiger partial charge in [-0.2, -0.15) is 0 Å². The molecule has 3 heterocycles. The van der Waals surface area contributed by atoms with Gasteiger partial charge < -0.3 is 25.0 Å². The van der Waals surface area contributed by atoms with Crippen molar-refractivity contribution in [1.29, 1.82) is 0 Å². The highest BCUT2D eigenvalue weighted by Gasteiger charge is 2.23. The fourth-order valence-electron chi connectivity index (χ4n) is 4.43. The molecule has 0 spiro atoms. The fraction of sp³-hybridized carbons (Fsp3) is 0.414. The summed E-state index contributed by atoms with van der Waals surface area (Å²) in [7, 11) is 1.55. The average molecular weight is 583 g/mol. The molecule has 3 aromatic rings. The van der Waals surface area contributed by atoms with Gasteiger partial charge in [0.2, 0.25) is 11.8 Å². The minimum Gasteiger partial charge on any atom is -0.492 e. The molecule has 0 aliphatic carbocycles. The van der Waals surface area contributed by atoms with E-state index in [9.17, 15) is 14.4 Å². The van der Waals surface area contributed by atoms with E-state index in [1.807, 2.05) is 36.5 Å². The highest BCUT2D eigenvalue weighted by molar-refractivity contribution is 6.32. The quantitative estimate of drug-likeness (QED) is 0.473. The summed E-state index contributed by atoms with van der Waals surface area (Å²) in [6.45, 7) is 2.27. The Balaban J connectivity index is 1.53. The molecule has 0 unspecified atom stereocenters. The van der Waals surface area contributed by atoms with E-state index >= 15 is 0 Å². The summed E-state index contributed by atoms with van der Waals surface area (Å²) in [4.78, 5) is 40.9. The van der Waals surface area contributed by atoms with Crippen LogP contribution in [0.5, 0.6) is 5.75 Å². The lowest BCUT2D eigenvalue weighted by Crippen LogP contribution is -2.48. The third kappa shape index (κ3) is 9.02. The Kier molecular flexibility index (Phi) is 11.1. The average Bonchev–Trinajstić information content (AvgIpc) is 3.43.